The molecule has 2 aromatic rings. The van der Waals surface area contributed by atoms with Crippen LogP contribution in [0.4, 0.5) is 4.39 Å². The van der Waals surface area contributed by atoms with Gasteiger partial charge in [0.15, 0.2) is 0 Å². The predicted octanol–water partition coefficient (Wildman–Crippen LogP) is 4.38. The van der Waals surface area contributed by atoms with Gasteiger partial charge in [0.05, 0.1) is 6.04 Å². The van der Waals surface area contributed by atoms with E-state index in [0.29, 0.717) is 5.56 Å². The van der Waals surface area contributed by atoms with E-state index in [2.05, 4.69) is 0 Å². The van der Waals surface area contributed by atoms with Gasteiger partial charge in [0.2, 0.25) is 6.10 Å². The lowest BCUT2D eigenvalue weighted by atomic mass is 10.0. The monoisotopic (exact) mass is 333 g/mol. The van der Waals surface area contributed by atoms with Crippen LogP contribution in [0.1, 0.15) is 30.2 Å². The molecule has 0 aliphatic carbocycles. The number of nitrogens with zero attached hydrogens (tertiary/aromatic N) is 1. The van der Waals surface area contributed by atoms with Crippen LogP contribution in [0, 0.1) is 5.82 Å². The Labute approximate surface area is 140 Å². The molecule has 1 heterocycles. The average Bonchev–Trinajstić information content (AvgIpc) is 2.56. The van der Waals surface area contributed by atoms with Crippen molar-refractivity contribution in [3.8, 4) is 0 Å². The van der Waals surface area contributed by atoms with Gasteiger partial charge in [0.1, 0.15) is 12.1 Å². The van der Waals surface area contributed by atoms with Crippen molar-refractivity contribution in [2.45, 2.75) is 19.1 Å². The summed E-state index contributed by atoms with van der Waals surface area (Å²) in [6, 6.07) is 15.5. The summed E-state index contributed by atoms with van der Waals surface area (Å²) in [4.78, 5) is 14.3. The number of rotatable bonds is 3. The molecular formula is C18H17ClFNO2. The second-order valence-corrected chi connectivity index (χ2v) is 5.18. The van der Waals surface area contributed by atoms with E-state index in [1.54, 1.807) is 23.2 Å². The van der Waals surface area contributed by atoms with Gasteiger partial charge in [-0.3, -0.25) is 4.79 Å². The number of ether oxygens (including phenoxy) is 1. The summed E-state index contributed by atoms with van der Waals surface area (Å²) in [6.45, 7) is 1.96. The lowest BCUT2D eigenvalue weighted by Crippen LogP contribution is -2.36. The highest BCUT2D eigenvalue weighted by molar-refractivity contribution is 5.85. The molecule has 0 radical (unpaired) electrons. The zero-order valence-electron chi connectivity index (χ0n) is 12.6. The first-order valence-corrected chi connectivity index (χ1v) is 7.11. The smallest absolute Gasteiger partial charge is 0.272 e. The summed E-state index contributed by atoms with van der Waals surface area (Å²) in [6.07, 6.45) is 2.41. The molecule has 1 aliphatic rings. The molecule has 0 fully saturated rings. The van der Waals surface area contributed by atoms with Gasteiger partial charge in [-0.15, -0.1) is 12.4 Å². The zero-order chi connectivity index (χ0) is 15.5. The van der Waals surface area contributed by atoms with Crippen LogP contribution >= 0.6 is 12.4 Å². The summed E-state index contributed by atoms with van der Waals surface area (Å²) in [7, 11) is 0. The molecule has 3 rings (SSSR count). The number of benzene rings is 2. The lowest BCUT2D eigenvalue weighted by Gasteiger charge is -2.32. The van der Waals surface area contributed by atoms with Crippen LogP contribution in [0.15, 0.2) is 67.1 Å². The maximum absolute atomic E-state index is 13.0. The minimum absolute atomic E-state index is 0. The Kier molecular flexibility index (Phi) is 5.40. The second-order valence-electron chi connectivity index (χ2n) is 5.18. The molecule has 2 atom stereocenters. The molecule has 0 spiro atoms. The van der Waals surface area contributed by atoms with Crippen LogP contribution in [-0.4, -0.2) is 10.8 Å². The first-order chi connectivity index (χ1) is 10.7. The average molecular weight is 334 g/mol. The van der Waals surface area contributed by atoms with Crippen LogP contribution < -0.4 is 0 Å². The van der Waals surface area contributed by atoms with Crippen molar-refractivity contribution in [2.75, 3.05) is 0 Å². The van der Waals surface area contributed by atoms with Gasteiger partial charge < -0.3 is 9.64 Å². The number of amides is 1. The van der Waals surface area contributed by atoms with Crippen molar-refractivity contribution < 1.29 is 13.9 Å². The minimum atomic E-state index is -0.739. The largest absolute Gasteiger partial charge is 0.482 e. The van der Waals surface area contributed by atoms with Crippen LogP contribution in [-0.2, 0) is 9.53 Å². The van der Waals surface area contributed by atoms with Crippen LogP contribution in [0.3, 0.4) is 0 Å². The molecule has 0 N–H and O–H groups in total. The fraction of sp³-hybridized carbons (Fsp3) is 0.167. The third kappa shape index (κ3) is 3.54. The zero-order valence-corrected chi connectivity index (χ0v) is 13.4. The SMILES string of the molecule is C[C@@H](c1ccccc1)N1C=CO[C@@H](c2ccc(F)cc2)C1=O.Cl. The third-order valence-corrected chi connectivity index (χ3v) is 3.79. The van der Waals surface area contributed by atoms with Gasteiger partial charge in [0, 0.05) is 11.8 Å². The van der Waals surface area contributed by atoms with E-state index in [4.69, 9.17) is 4.74 Å². The fourth-order valence-corrected chi connectivity index (χ4v) is 2.52. The molecule has 0 saturated heterocycles. The molecule has 1 amide bonds. The molecule has 0 saturated carbocycles. The molecule has 0 bridgehead atoms. The quantitative estimate of drug-likeness (QED) is 0.834. The van der Waals surface area contributed by atoms with Crippen molar-refractivity contribution in [1.29, 1.82) is 0 Å². The van der Waals surface area contributed by atoms with E-state index in [0.717, 1.165) is 5.56 Å². The first-order valence-electron chi connectivity index (χ1n) is 7.11. The molecule has 23 heavy (non-hydrogen) atoms. The summed E-state index contributed by atoms with van der Waals surface area (Å²) in [5, 5.41) is 0. The summed E-state index contributed by atoms with van der Waals surface area (Å²) < 4.78 is 18.5. The van der Waals surface area contributed by atoms with Gasteiger partial charge in [-0.1, -0.05) is 42.5 Å². The number of halogens is 2. The van der Waals surface area contributed by atoms with E-state index in [-0.39, 0.29) is 30.2 Å². The number of hydrogen-bond donors (Lipinski definition) is 0. The molecular weight excluding hydrogens is 317 g/mol. The molecule has 0 aromatic heterocycles. The molecule has 3 nitrogen and oxygen atoms in total. The van der Waals surface area contributed by atoms with Gasteiger partial charge in [-0.05, 0) is 24.6 Å². The van der Waals surface area contributed by atoms with Crippen molar-refractivity contribution in [1.82, 2.24) is 4.90 Å². The van der Waals surface area contributed by atoms with E-state index >= 15 is 0 Å². The maximum atomic E-state index is 13.0. The Balaban J connectivity index is 0.00000192. The van der Waals surface area contributed by atoms with E-state index < -0.39 is 6.10 Å². The van der Waals surface area contributed by atoms with Crippen LogP contribution in [0.25, 0.3) is 0 Å². The highest BCUT2D eigenvalue weighted by atomic mass is 35.5. The Bertz CT molecular complexity index is 688. The first kappa shape index (κ1) is 17.0. The Hall–Kier alpha value is -2.33. The Morgan fingerprint density at radius 2 is 1.74 bits per heavy atom. The molecule has 1 aliphatic heterocycles. The third-order valence-electron chi connectivity index (χ3n) is 3.79. The molecule has 0 unspecified atom stereocenters. The predicted molar refractivity (Wildman–Crippen MR) is 88.3 cm³/mol. The number of hydrogen-bond acceptors (Lipinski definition) is 2. The molecule has 5 heteroatoms. The van der Waals surface area contributed by atoms with Crippen molar-refractivity contribution in [3.05, 3.63) is 84.0 Å². The van der Waals surface area contributed by atoms with E-state index in [1.807, 2.05) is 37.3 Å². The van der Waals surface area contributed by atoms with Crippen LogP contribution in [0.2, 0.25) is 0 Å². The highest BCUT2D eigenvalue weighted by Crippen LogP contribution is 2.30. The fourth-order valence-electron chi connectivity index (χ4n) is 2.52. The molecule has 2 aromatic carbocycles. The van der Waals surface area contributed by atoms with Gasteiger partial charge >= 0.3 is 0 Å². The van der Waals surface area contributed by atoms with E-state index in [1.165, 1.54) is 18.4 Å². The minimum Gasteiger partial charge on any atom is -0.482 e. The van der Waals surface area contributed by atoms with Gasteiger partial charge in [-0.2, -0.15) is 0 Å². The van der Waals surface area contributed by atoms with E-state index in [9.17, 15) is 9.18 Å². The van der Waals surface area contributed by atoms with Crippen molar-refractivity contribution in [3.63, 3.8) is 0 Å². The van der Waals surface area contributed by atoms with Crippen molar-refractivity contribution in [2.24, 2.45) is 0 Å². The number of carbonyl (C=O) groups excluding carboxylic acids is 1. The summed E-state index contributed by atoms with van der Waals surface area (Å²) >= 11 is 0. The standard InChI is InChI=1S/C18H16FNO2.ClH/c1-13(14-5-3-2-4-6-14)20-11-12-22-17(18(20)21)15-7-9-16(19)10-8-15;/h2-13,17H,1H3;1H/t13-,17-;/m0./s1. The second kappa shape index (κ2) is 7.29. The maximum Gasteiger partial charge on any atom is 0.272 e. The highest BCUT2D eigenvalue weighted by Gasteiger charge is 2.32. The lowest BCUT2D eigenvalue weighted by molar-refractivity contribution is -0.142. The Morgan fingerprint density at radius 3 is 2.39 bits per heavy atom. The molecule has 120 valence electrons. The summed E-state index contributed by atoms with van der Waals surface area (Å²) in [5.74, 6) is -0.498. The van der Waals surface area contributed by atoms with Gasteiger partial charge in [0.25, 0.3) is 5.91 Å². The van der Waals surface area contributed by atoms with Crippen LogP contribution in [0.5, 0.6) is 0 Å². The number of carbonyl (C=O) groups is 1. The topological polar surface area (TPSA) is 29.5 Å². The normalized spacial score (nSPS) is 18.1. The summed E-state index contributed by atoms with van der Waals surface area (Å²) in [5.41, 5.74) is 1.68. The van der Waals surface area contributed by atoms with Gasteiger partial charge in [-0.25, -0.2) is 4.39 Å². The van der Waals surface area contributed by atoms with Crippen molar-refractivity contribution >= 4 is 18.3 Å². The Morgan fingerprint density at radius 1 is 1.09 bits per heavy atom.